The number of nitrogens with zero attached hydrogens (tertiary/aromatic N) is 3. The van der Waals surface area contributed by atoms with Crippen molar-refractivity contribution < 1.29 is 13.2 Å². The summed E-state index contributed by atoms with van der Waals surface area (Å²) in [6, 6.07) is 11.4. The summed E-state index contributed by atoms with van der Waals surface area (Å²) in [5.41, 5.74) is 2.44. The molecule has 3 heterocycles. The third-order valence-corrected chi connectivity index (χ3v) is 8.29. The lowest BCUT2D eigenvalue weighted by Crippen LogP contribution is -2.35. The zero-order valence-electron chi connectivity index (χ0n) is 18.4. The van der Waals surface area contributed by atoms with E-state index in [2.05, 4.69) is 9.71 Å². The number of piperidine rings is 1. The Morgan fingerprint density at radius 1 is 1.16 bits per heavy atom. The van der Waals surface area contributed by atoms with Crippen molar-refractivity contribution in [1.82, 2.24) is 19.2 Å². The van der Waals surface area contributed by atoms with Crippen molar-refractivity contribution in [1.29, 1.82) is 0 Å². The quantitative estimate of drug-likeness (QED) is 0.569. The number of thiazole rings is 1. The van der Waals surface area contributed by atoms with Crippen molar-refractivity contribution in [2.45, 2.75) is 37.5 Å². The van der Waals surface area contributed by atoms with Crippen LogP contribution in [0.5, 0.6) is 0 Å². The van der Waals surface area contributed by atoms with Gasteiger partial charge in [-0.1, -0.05) is 30.3 Å². The average Bonchev–Trinajstić information content (AvgIpc) is 3.37. The van der Waals surface area contributed by atoms with E-state index in [1.165, 1.54) is 11.3 Å². The third-order valence-electron chi connectivity index (χ3n) is 5.69. The number of likely N-dealkylation sites (tertiary alicyclic amines) is 1. The van der Waals surface area contributed by atoms with Crippen LogP contribution in [0, 0.1) is 6.92 Å². The lowest BCUT2D eigenvalue weighted by Gasteiger charge is -2.26. The number of hydrogen-bond donors (Lipinski definition) is 1. The summed E-state index contributed by atoms with van der Waals surface area (Å²) < 4.78 is 30.0. The van der Waals surface area contributed by atoms with Crippen molar-refractivity contribution in [3.05, 3.63) is 58.7 Å². The van der Waals surface area contributed by atoms with E-state index in [0.29, 0.717) is 34.2 Å². The Bertz CT molecular complexity index is 1190. The van der Waals surface area contributed by atoms with E-state index in [4.69, 9.17) is 0 Å². The van der Waals surface area contributed by atoms with E-state index in [1.54, 1.807) is 23.9 Å². The highest BCUT2D eigenvalue weighted by Crippen LogP contribution is 2.31. The highest BCUT2D eigenvalue weighted by molar-refractivity contribution is 7.89. The molecule has 1 N–H and O–H groups in total. The van der Waals surface area contributed by atoms with Gasteiger partial charge in [0.15, 0.2) is 0 Å². The molecule has 0 bridgehead atoms. The predicted molar refractivity (Wildman–Crippen MR) is 126 cm³/mol. The SMILES string of the molecule is Cc1nc(-c2cc(S(=O)(=O)NCCc3ccccc3)cn2C)sc1C(=O)N1CCCCC1. The normalized spacial score (nSPS) is 14.6. The van der Waals surface area contributed by atoms with Crippen LogP contribution in [0.4, 0.5) is 0 Å². The summed E-state index contributed by atoms with van der Waals surface area (Å²) in [6.45, 7) is 3.73. The van der Waals surface area contributed by atoms with Gasteiger partial charge in [-0.25, -0.2) is 18.1 Å². The van der Waals surface area contributed by atoms with Gasteiger partial charge in [0.1, 0.15) is 14.8 Å². The molecule has 32 heavy (non-hydrogen) atoms. The maximum absolute atomic E-state index is 12.9. The van der Waals surface area contributed by atoms with Gasteiger partial charge in [0.05, 0.1) is 11.4 Å². The van der Waals surface area contributed by atoms with E-state index in [0.717, 1.165) is 37.9 Å². The molecule has 4 rings (SSSR count). The molecule has 170 valence electrons. The minimum atomic E-state index is -3.65. The summed E-state index contributed by atoms with van der Waals surface area (Å²) in [6.07, 6.45) is 5.44. The number of sulfonamides is 1. The Hall–Kier alpha value is -2.49. The van der Waals surface area contributed by atoms with Crippen LogP contribution in [0.25, 0.3) is 10.7 Å². The number of carbonyl (C=O) groups is 1. The van der Waals surface area contributed by atoms with E-state index in [9.17, 15) is 13.2 Å². The molecular weight excluding hydrogens is 444 g/mol. The first-order valence-corrected chi connectivity index (χ1v) is 13.1. The number of aryl methyl sites for hydroxylation is 2. The molecule has 0 spiro atoms. The third kappa shape index (κ3) is 4.95. The molecule has 2 aromatic heterocycles. The zero-order chi connectivity index (χ0) is 22.7. The lowest BCUT2D eigenvalue weighted by molar-refractivity contribution is 0.0728. The maximum Gasteiger partial charge on any atom is 0.265 e. The summed E-state index contributed by atoms with van der Waals surface area (Å²) in [7, 11) is -1.85. The van der Waals surface area contributed by atoms with Crippen LogP contribution in [0.1, 0.15) is 40.2 Å². The molecule has 1 aliphatic rings. The van der Waals surface area contributed by atoms with Gasteiger partial charge in [0.2, 0.25) is 10.0 Å². The van der Waals surface area contributed by atoms with Crippen LogP contribution in [0.3, 0.4) is 0 Å². The van der Waals surface area contributed by atoms with Gasteiger partial charge >= 0.3 is 0 Å². The highest BCUT2D eigenvalue weighted by Gasteiger charge is 2.25. The molecule has 1 aliphatic heterocycles. The molecular formula is C23H28N4O3S2. The number of benzene rings is 1. The number of rotatable bonds is 7. The zero-order valence-corrected chi connectivity index (χ0v) is 20.0. The minimum absolute atomic E-state index is 0.0237. The molecule has 9 heteroatoms. The molecule has 3 aromatic rings. The first-order valence-electron chi connectivity index (χ1n) is 10.8. The van der Waals surface area contributed by atoms with Gasteiger partial charge in [0, 0.05) is 32.9 Å². The highest BCUT2D eigenvalue weighted by atomic mass is 32.2. The molecule has 1 aromatic carbocycles. The Kier molecular flexibility index (Phi) is 6.78. The average molecular weight is 473 g/mol. The van der Waals surface area contributed by atoms with Gasteiger partial charge in [-0.05, 0) is 44.2 Å². The maximum atomic E-state index is 12.9. The Morgan fingerprint density at radius 3 is 2.59 bits per heavy atom. The lowest BCUT2D eigenvalue weighted by atomic mass is 10.1. The second-order valence-electron chi connectivity index (χ2n) is 8.09. The van der Waals surface area contributed by atoms with Crippen molar-refractivity contribution in [3.8, 4) is 10.7 Å². The summed E-state index contributed by atoms with van der Waals surface area (Å²) in [5, 5.41) is 0.649. The Balaban J connectivity index is 1.50. The minimum Gasteiger partial charge on any atom is -0.347 e. The number of nitrogens with one attached hydrogen (secondary N) is 1. The molecule has 0 radical (unpaired) electrons. The van der Waals surface area contributed by atoms with Crippen molar-refractivity contribution in [2.75, 3.05) is 19.6 Å². The van der Waals surface area contributed by atoms with Crippen molar-refractivity contribution in [3.63, 3.8) is 0 Å². The van der Waals surface area contributed by atoms with E-state index < -0.39 is 10.0 Å². The smallest absolute Gasteiger partial charge is 0.265 e. The van der Waals surface area contributed by atoms with Crippen LogP contribution in [-0.2, 0) is 23.5 Å². The first-order chi connectivity index (χ1) is 15.3. The second kappa shape index (κ2) is 9.56. The molecule has 0 aliphatic carbocycles. The number of hydrogen-bond acceptors (Lipinski definition) is 5. The first kappa shape index (κ1) is 22.7. The number of carbonyl (C=O) groups excluding carboxylic acids is 1. The van der Waals surface area contributed by atoms with E-state index >= 15 is 0 Å². The molecule has 0 atom stereocenters. The molecule has 1 saturated heterocycles. The summed E-state index contributed by atoms with van der Waals surface area (Å²) in [5.74, 6) is 0.0237. The van der Waals surface area contributed by atoms with Gasteiger partial charge in [0.25, 0.3) is 5.91 Å². The summed E-state index contributed by atoms with van der Waals surface area (Å²) >= 11 is 1.33. The molecule has 1 amide bonds. The topological polar surface area (TPSA) is 84.3 Å². The van der Waals surface area contributed by atoms with Gasteiger partial charge in [-0.15, -0.1) is 11.3 Å². The predicted octanol–water partition coefficient (Wildman–Crippen LogP) is 3.60. The van der Waals surface area contributed by atoms with Crippen molar-refractivity contribution >= 4 is 27.3 Å². The monoisotopic (exact) mass is 472 g/mol. The Morgan fingerprint density at radius 2 is 1.88 bits per heavy atom. The standard InChI is InChI=1S/C23H28N4O3S2/c1-17-21(23(28)27-13-7-4-8-14-27)31-22(25-17)20-15-19(16-26(20)2)32(29,30)24-12-11-18-9-5-3-6-10-18/h3,5-6,9-10,15-16,24H,4,7-8,11-14H2,1-2H3. The second-order valence-corrected chi connectivity index (χ2v) is 10.9. The fourth-order valence-corrected chi connectivity index (χ4v) is 6.09. The summed E-state index contributed by atoms with van der Waals surface area (Å²) in [4.78, 5) is 20.2. The van der Waals surface area contributed by atoms with E-state index in [-0.39, 0.29) is 10.8 Å². The molecule has 1 fully saturated rings. The van der Waals surface area contributed by atoms with E-state index in [1.807, 2.05) is 42.2 Å². The van der Waals surface area contributed by atoms with Crippen molar-refractivity contribution in [2.24, 2.45) is 7.05 Å². The number of amides is 1. The fourth-order valence-electron chi connectivity index (χ4n) is 3.90. The van der Waals surface area contributed by atoms with Crippen LogP contribution < -0.4 is 4.72 Å². The number of aromatic nitrogens is 2. The molecule has 7 nitrogen and oxygen atoms in total. The van der Waals surface area contributed by atoms with Gasteiger partial charge in [-0.2, -0.15) is 0 Å². The Labute approximate surface area is 193 Å². The van der Waals surface area contributed by atoms with Crippen LogP contribution in [-0.4, -0.2) is 48.4 Å². The molecule has 0 unspecified atom stereocenters. The van der Waals surface area contributed by atoms with Crippen LogP contribution in [0.15, 0.2) is 47.5 Å². The van der Waals surface area contributed by atoms with Gasteiger partial charge < -0.3 is 9.47 Å². The largest absolute Gasteiger partial charge is 0.347 e. The van der Waals surface area contributed by atoms with Crippen LogP contribution in [0.2, 0.25) is 0 Å². The van der Waals surface area contributed by atoms with Gasteiger partial charge in [-0.3, -0.25) is 4.79 Å². The fraction of sp³-hybridized carbons (Fsp3) is 0.391. The van der Waals surface area contributed by atoms with Crippen LogP contribution >= 0.6 is 11.3 Å². The molecule has 0 saturated carbocycles.